The smallest absolute Gasteiger partial charge is 0.261 e. The van der Waals surface area contributed by atoms with Crippen molar-refractivity contribution in [2.45, 2.75) is 19.8 Å². The van der Waals surface area contributed by atoms with Gasteiger partial charge in [0.1, 0.15) is 0 Å². The number of hydrogen-bond donors (Lipinski definition) is 2. The Morgan fingerprint density at radius 1 is 1.50 bits per heavy atom. The van der Waals surface area contributed by atoms with E-state index in [-0.39, 0.29) is 12.5 Å². The highest BCUT2D eigenvalue weighted by atomic mass is 32.1. The first-order valence-corrected chi connectivity index (χ1v) is 7.76. The van der Waals surface area contributed by atoms with Crippen LogP contribution in [0.15, 0.2) is 17.5 Å². The molecule has 2 aromatic rings. The zero-order valence-electron chi connectivity index (χ0n) is 10.3. The summed E-state index contributed by atoms with van der Waals surface area (Å²) < 4.78 is 2.36. The summed E-state index contributed by atoms with van der Waals surface area (Å²) in [6.07, 6.45) is 1.85. The summed E-state index contributed by atoms with van der Waals surface area (Å²) in [6, 6.07) is 4.00. The predicted octanol–water partition coefficient (Wildman–Crippen LogP) is 3.10. The van der Waals surface area contributed by atoms with Gasteiger partial charge in [-0.15, -0.1) is 22.7 Å². The third-order valence-corrected chi connectivity index (χ3v) is 4.93. The van der Waals surface area contributed by atoms with Crippen LogP contribution in [0.2, 0.25) is 0 Å². The molecule has 2 heterocycles. The molecular formula is C13H17NO2S2. The predicted molar refractivity (Wildman–Crippen MR) is 77.5 cm³/mol. The lowest BCUT2D eigenvalue weighted by Crippen LogP contribution is -2.24. The number of carbonyl (C=O) groups excluding carboxylic acids is 1. The molecule has 1 atom stereocenters. The number of aliphatic hydroxyl groups excluding tert-OH is 1. The molecule has 2 N–H and O–H groups in total. The molecule has 0 aliphatic rings. The van der Waals surface area contributed by atoms with Crippen molar-refractivity contribution in [2.75, 3.05) is 13.2 Å². The molecule has 0 aliphatic carbocycles. The molecular weight excluding hydrogens is 266 g/mol. The van der Waals surface area contributed by atoms with Crippen molar-refractivity contribution in [3.05, 3.63) is 22.4 Å². The van der Waals surface area contributed by atoms with E-state index in [0.717, 1.165) is 17.7 Å². The summed E-state index contributed by atoms with van der Waals surface area (Å²) in [5, 5.41) is 13.9. The van der Waals surface area contributed by atoms with E-state index in [9.17, 15) is 4.79 Å². The van der Waals surface area contributed by atoms with Crippen LogP contribution in [0, 0.1) is 5.92 Å². The van der Waals surface area contributed by atoms with Crippen LogP contribution < -0.4 is 5.32 Å². The van der Waals surface area contributed by atoms with E-state index in [1.165, 1.54) is 20.7 Å². The molecule has 98 valence electrons. The standard InChI is InChI=1S/C13H17NO2S2/c1-9(8-15)3-2-5-14-13(16)12-7-11-10(18-12)4-6-17-11/h4,6-7,9,15H,2-3,5,8H2,1H3,(H,14,16). The van der Waals surface area contributed by atoms with Gasteiger partial charge in [0.15, 0.2) is 0 Å². The number of rotatable bonds is 6. The van der Waals surface area contributed by atoms with Crippen molar-refractivity contribution in [1.29, 1.82) is 0 Å². The molecule has 3 nitrogen and oxygen atoms in total. The van der Waals surface area contributed by atoms with Crippen LogP contribution in [0.5, 0.6) is 0 Å². The quantitative estimate of drug-likeness (QED) is 0.800. The average Bonchev–Trinajstić information content (AvgIpc) is 2.94. The molecule has 1 unspecified atom stereocenters. The van der Waals surface area contributed by atoms with Gasteiger partial charge in [0.25, 0.3) is 5.91 Å². The van der Waals surface area contributed by atoms with Crippen molar-refractivity contribution in [3.8, 4) is 0 Å². The fourth-order valence-electron chi connectivity index (χ4n) is 1.71. The maximum Gasteiger partial charge on any atom is 0.261 e. The van der Waals surface area contributed by atoms with Gasteiger partial charge in [-0.2, -0.15) is 0 Å². The minimum atomic E-state index is 0.0139. The molecule has 0 aromatic carbocycles. The Kier molecular flexibility index (Phi) is 4.74. The molecule has 2 aromatic heterocycles. The van der Waals surface area contributed by atoms with Gasteiger partial charge < -0.3 is 10.4 Å². The van der Waals surface area contributed by atoms with E-state index >= 15 is 0 Å². The van der Waals surface area contributed by atoms with E-state index in [4.69, 9.17) is 5.11 Å². The summed E-state index contributed by atoms with van der Waals surface area (Å²) in [5.41, 5.74) is 0. The lowest BCUT2D eigenvalue weighted by Gasteiger charge is -2.07. The van der Waals surface area contributed by atoms with Gasteiger partial charge >= 0.3 is 0 Å². The van der Waals surface area contributed by atoms with Crippen LogP contribution in [0.4, 0.5) is 0 Å². The second-order valence-electron chi connectivity index (χ2n) is 4.45. The molecule has 0 fully saturated rings. The Labute approximate surface area is 114 Å². The summed E-state index contributed by atoms with van der Waals surface area (Å²) in [4.78, 5) is 12.7. The number of aliphatic hydroxyl groups is 1. The summed E-state index contributed by atoms with van der Waals surface area (Å²) in [5.74, 6) is 0.328. The average molecular weight is 283 g/mol. The largest absolute Gasteiger partial charge is 0.396 e. The summed E-state index contributed by atoms with van der Waals surface area (Å²) >= 11 is 3.20. The number of thiophene rings is 2. The maximum atomic E-state index is 11.9. The SMILES string of the molecule is CC(CO)CCCNC(=O)c1cc2sccc2s1. The summed E-state index contributed by atoms with van der Waals surface area (Å²) in [7, 11) is 0. The van der Waals surface area contributed by atoms with Crippen LogP contribution in [0.1, 0.15) is 29.4 Å². The highest BCUT2D eigenvalue weighted by Crippen LogP contribution is 2.29. The van der Waals surface area contributed by atoms with Crippen molar-refractivity contribution >= 4 is 38.0 Å². The first-order valence-electron chi connectivity index (χ1n) is 6.07. The number of nitrogens with one attached hydrogen (secondary N) is 1. The van der Waals surface area contributed by atoms with E-state index in [2.05, 4.69) is 5.32 Å². The fraction of sp³-hybridized carbons (Fsp3) is 0.462. The minimum absolute atomic E-state index is 0.0139. The first kappa shape index (κ1) is 13.5. The Morgan fingerprint density at radius 3 is 3.06 bits per heavy atom. The second kappa shape index (κ2) is 6.31. The van der Waals surface area contributed by atoms with Crippen molar-refractivity contribution < 1.29 is 9.90 Å². The van der Waals surface area contributed by atoms with Crippen molar-refractivity contribution in [2.24, 2.45) is 5.92 Å². The number of hydrogen-bond acceptors (Lipinski definition) is 4. The molecule has 0 radical (unpaired) electrons. The van der Waals surface area contributed by atoms with Gasteiger partial charge in [0, 0.05) is 22.6 Å². The van der Waals surface area contributed by atoms with Gasteiger partial charge in [-0.1, -0.05) is 6.92 Å². The van der Waals surface area contributed by atoms with Crippen molar-refractivity contribution in [1.82, 2.24) is 5.32 Å². The summed E-state index contributed by atoms with van der Waals surface area (Å²) in [6.45, 7) is 2.90. The van der Waals surface area contributed by atoms with Crippen LogP contribution in [-0.4, -0.2) is 24.2 Å². The van der Waals surface area contributed by atoms with Gasteiger partial charge in [0.2, 0.25) is 0 Å². The molecule has 0 bridgehead atoms. The zero-order valence-corrected chi connectivity index (χ0v) is 11.9. The Bertz CT molecular complexity index is 489. The third kappa shape index (κ3) is 3.31. The number of fused-ring (bicyclic) bond motifs is 1. The molecule has 0 saturated carbocycles. The molecule has 18 heavy (non-hydrogen) atoms. The number of amides is 1. The third-order valence-electron chi connectivity index (χ3n) is 2.83. The van der Waals surface area contributed by atoms with E-state index in [1.54, 1.807) is 11.3 Å². The molecule has 5 heteroatoms. The Morgan fingerprint density at radius 2 is 2.33 bits per heavy atom. The normalized spacial score (nSPS) is 12.8. The first-order chi connectivity index (χ1) is 8.70. The van der Waals surface area contributed by atoms with Gasteiger partial charge in [0.05, 0.1) is 4.88 Å². The monoisotopic (exact) mass is 283 g/mol. The fourth-order valence-corrected chi connectivity index (χ4v) is 3.73. The minimum Gasteiger partial charge on any atom is -0.396 e. The maximum absolute atomic E-state index is 11.9. The van der Waals surface area contributed by atoms with Crippen LogP contribution in [0.25, 0.3) is 9.40 Å². The molecule has 0 saturated heterocycles. The molecule has 0 spiro atoms. The zero-order chi connectivity index (χ0) is 13.0. The molecule has 2 rings (SSSR count). The second-order valence-corrected chi connectivity index (χ2v) is 6.48. The van der Waals surface area contributed by atoms with E-state index in [1.807, 2.05) is 24.4 Å². The Hall–Kier alpha value is -0.910. The highest BCUT2D eigenvalue weighted by molar-refractivity contribution is 7.27. The van der Waals surface area contributed by atoms with E-state index in [0.29, 0.717) is 12.5 Å². The number of carbonyl (C=O) groups is 1. The lowest BCUT2D eigenvalue weighted by atomic mass is 10.1. The topological polar surface area (TPSA) is 49.3 Å². The Balaban J connectivity index is 1.80. The van der Waals surface area contributed by atoms with Gasteiger partial charge in [-0.25, -0.2) is 0 Å². The highest BCUT2D eigenvalue weighted by Gasteiger charge is 2.10. The van der Waals surface area contributed by atoms with Crippen LogP contribution in [-0.2, 0) is 0 Å². The molecule has 1 amide bonds. The van der Waals surface area contributed by atoms with Crippen LogP contribution in [0.3, 0.4) is 0 Å². The lowest BCUT2D eigenvalue weighted by molar-refractivity contribution is 0.0956. The van der Waals surface area contributed by atoms with Crippen LogP contribution >= 0.6 is 22.7 Å². The molecule has 0 aliphatic heterocycles. The van der Waals surface area contributed by atoms with E-state index < -0.39 is 0 Å². The van der Waals surface area contributed by atoms with Gasteiger partial charge in [-0.3, -0.25) is 4.79 Å². The van der Waals surface area contributed by atoms with Gasteiger partial charge in [-0.05, 0) is 36.3 Å². The van der Waals surface area contributed by atoms with Crippen molar-refractivity contribution in [3.63, 3.8) is 0 Å².